The number of benzene rings is 1. The minimum Gasteiger partial charge on any atom is -0.497 e. The van der Waals surface area contributed by atoms with E-state index in [4.69, 9.17) is 17.0 Å². The molecule has 0 atom stereocenters. The summed E-state index contributed by atoms with van der Waals surface area (Å²) in [5.74, 6) is 0.716. The molecule has 5 nitrogen and oxygen atoms in total. The number of methoxy groups -OCH3 is 1. The number of ether oxygens (including phenoxy) is 1. The molecule has 0 amide bonds. The maximum Gasteiger partial charge on any atom is 0.221 e. The Morgan fingerprint density at radius 2 is 2.33 bits per heavy atom. The van der Waals surface area contributed by atoms with Crippen LogP contribution in [0.2, 0.25) is 0 Å². The molecule has 0 saturated carbocycles. The van der Waals surface area contributed by atoms with Gasteiger partial charge in [0, 0.05) is 11.9 Å². The first-order valence-corrected chi connectivity index (χ1v) is 7.75. The van der Waals surface area contributed by atoms with E-state index in [2.05, 4.69) is 16.8 Å². The van der Waals surface area contributed by atoms with Gasteiger partial charge in [-0.05, 0) is 36.7 Å². The van der Waals surface area contributed by atoms with Crippen molar-refractivity contribution in [1.29, 1.82) is 0 Å². The quantitative estimate of drug-likeness (QED) is 0.519. The van der Waals surface area contributed by atoms with Crippen LogP contribution in [0.4, 0.5) is 5.69 Å². The summed E-state index contributed by atoms with van der Waals surface area (Å²) in [7, 11) is 1.59. The van der Waals surface area contributed by atoms with Gasteiger partial charge in [0.05, 0.1) is 12.6 Å². The number of allylic oxidation sites excluding steroid dienone is 1. The first-order chi connectivity index (χ1) is 10.1. The van der Waals surface area contributed by atoms with Crippen LogP contribution in [0.25, 0.3) is 10.9 Å². The van der Waals surface area contributed by atoms with Gasteiger partial charge in [0.25, 0.3) is 0 Å². The van der Waals surface area contributed by atoms with Crippen molar-refractivity contribution >= 4 is 44.9 Å². The van der Waals surface area contributed by atoms with Crippen molar-refractivity contribution in [2.75, 3.05) is 13.4 Å². The smallest absolute Gasteiger partial charge is 0.221 e. The van der Waals surface area contributed by atoms with Crippen LogP contribution in [0.5, 0.6) is 11.6 Å². The van der Waals surface area contributed by atoms with Crippen LogP contribution >= 0.6 is 24.0 Å². The van der Waals surface area contributed by atoms with E-state index < -0.39 is 0 Å². The highest BCUT2D eigenvalue weighted by Gasteiger charge is 2.16. The van der Waals surface area contributed by atoms with Crippen LogP contribution in [-0.2, 0) is 6.54 Å². The summed E-state index contributed by atoms with van der Waals surface area (Å²) in [5, 5.41) is 19.1. The highest BCUT2D eigenvalue weighted by Crippen LogP contribution is 2.40. The van der Waals surface area contributed by atoms with E-state index >= 15 is 0 Å². The molecule has 0 aliphatic rings. The van der Waals surface area contributed by atoms with Gasteiger partial charge in [-0.1, -0.05) is 17.8 Å². The molecule has 0 unspecified atom stereocenters. The molecule has 1 aromatic heterocycles. The Kier molecular flexibility index (Phi) is 4.98. The van der Waals surface area contributed by atoms with Gasteiger partial charge >= 0.3 is 0 Å². The number of aromatic nitrogens is 1. The van der Waals surface area contributed by atoms with Gasteiger partial charge in [-0.2, -0.15) is 0 Å². The Morgan fingerprint density at radius 3 is 2.95 bits per heavy atom. The summed E-state index contributed by atoms with van der Waals surface area (Å²) in [5.41, 5.74) is 1.21. The summed E-state index contributed by atoms with van der Waals surface area (Å²) in [6.07, 6.45) is 3.53. The fourth-order valence-corrected chi connectivity index (χ4v) is 2.14. The average molecular weight is 321 g/mol. The standard InChI is InChI=1S/C14H15N3O2S2/c1-4-7-17-11-6-5-9(19-2)8-10(11)12(13(17)18)15-16-14(20)21-3/h4-6,8,18H,1,7H2,2-3H3. The summed E-state index contributed by atoms with van der Waals surface area (Å²) in [6, 6.07) is 5.50. The maximum atomic E-state index is 10.4. The molecule has 0 aliphatic carbocycles. The second-order valence-corrected chi connectivity index (χ2v) is 5.56. The lowest BCUT2D eigenvalue weighted by atomic mass is 10.2. The van der Waals surface area contributed by atoms with Crippen molar-refractivity contribution in [1.82, 2.24) is 4.57 Å². The molecular formula is C14H15N3O2S2. The summed E-state index contributed by atoms with van der Waals surface area (Å²) >= 11 is 6.32. The summed E-state index contributed by atoms with van der Waals surface area (Å²) < 4.78 is 7.33. The van der Waals surface area contributed by atoms with Crippen molar-refractivity contribution < 1.29 is 9.84 Å². The minimum atomic E-state index is 0.0332. The third-order valence-electron chi connectivity index (χ3n) is 2.94. The molecule has 0 bridgehead atoms. The zero-order valence-corrected chi connectivity index (χ0v) is 13.4. The molecule has 0 saturated heterocycles. The lowest BCUT2D eigenvalue weighted by molar-refractivity contribution is 0.415. The molecule has 2 aromatic rings. The van der Waals surface area contributed by atoms with E-state index in [0.717, 1.165) is 10.9 Å². The Morgan fingerprint density at radius 1 is 1.57 bits per heavy atom. The van der Waals surface area contributed by atoms with Crippen molar-refractivity contribution in [2.45, 2.75) is 6.54 Å². The van der Waals surface area contributed by atoms with Gasteiger partial charge < -0.3 is 14.4 Å². The van der Waals surface area contributed by atoms with E-state index in [1.807, 2.05) is 24.5 Å². The fourth-order valence-electron chi connectivity index (χ4n) is 1.97. The first-order valence-electron chi connectivity index (χ1n) is 6.12. The number of nitrogens with zero attached hydrogens (tertiary/aromatic N) is 3. The van der Waals surface area contributed by atoms with E-state index in [0.29, 0.717) is 22.3 Å². The minimum absolute atomic E-state index is 0.0332. The third-order valence-corrected chi connectivity index (χ3v) is 3.95. The molecule has 7 heteroatoms. The summed E-state index contributed by atoms with van der Waals surface area (Å²) in [6.45, 7) is 4.17. The van der Waals surface area contributed by atoms with E-state index in [1.165, 1.54) is 11.8 Å². The number of rotatable bonds is 4. The largest absolute Gasteiger partial charge is 0.497 e. The Balaban J connectivity index is 2.65. The first kappa shape index (κ1) is 15.5. The Hall–Kier alpha value is -1.86. The second kappa shape index (κ2) is 6.73. The molecule has 1 N–H and O–H groups in total. The topological polar surface area (TPSA) is 59.1 Å². The molecule has 1 aromatic carbocycles. The monoisotopic (exact) mass is 321 g/mol. The van der Waals surface area contributed by atoms with E-state index in [9.17, 15) is 5.11 Å². The number of thiocarbonyl (C=S) groups is 1. The summed E-state index contributed by atoms with van der Waals surface area (Å²) in [4.78, 5) is 0. The number of fused-ring (bicyclic) bond motifs is 1. The lowest BCUT2D eigenvalue weighted by Gasteiger charge is -2.03. The van der Waals surface area contributed by atoms with E-state index in [1.54, 1.807) is 17.8 Å². The van der Waals surface area contributed by atoms with Crippen LogP contribution in [0.15, 0.2) is 41.1 Å². The molecule has 0 spiro atoms. The molecule has 0 fully saturated rings. The van der Waals surface area contributed by atoms with Crippen molar-refractivity contribution in [2.24, 2.45) is 10.2 Å². The van der Waals surface area contributed by atoms with Crippen LogP contribution in [0.1, 0.15) is 0 Å². The molecule has 0 aliphatic heterocycles. The third kappa shape index (κ3) is 3.08. The number of azo groups is 1. The van der Waals surface area contributed by atoms with Gasteiger partial charge in [-0.25, -0.2) is 0 Å². The Bertz CT molecular complexity index is 723. The van der Waals surface area contributed by atoms with E-state index in [-0.39, 0.29) is 5.88 Å². The predicted molar refractivity (Wildman–Crippen MR) is 91.0 cm³/mol. The zero-order valence-electron chi connectivity index (χ0n) is 11.7. The van der Waals surface area contributed by atoms with Gasteiger partial charge in [-0.15, -0.1) is 16.8 Å². The van der Waals surface area contributed by atoms with Gasteiger partial charge in [-0.3, -0.25) is 0 Å². The SMILES string of the molecule is C=CCn1c(O)c(N=NC(=S)SC)c2cc(OC)ccc21. The van der Waals surface area contributed by atoms with Crippen LogP contribution in [0.3, 0.4) is 0 Å². The predicted octanol–water partition coefficient (Wildman–Crippen LogP) is 4.27. The number of thioether (sulfide) groups is 1. The van der Waals surface area contributed by atoms with Gasteiger partial charge in [0.2, 0.25) is 5.88 Å². The molecule has 110 valence electrons. The van der Waals surface area contributed by atoms with Crippen LogP contribution in [0, 0.1) is 0 Å². The Labute approximate surface area is 132 Å². The molecule has 1 heterocycles. The van der Waals surface area contributed by atoms with Crippen molar-refractivity contribution in [3.63, 3.8) is 0 Å². The normalized spacial score (nSPS) is 11.1. The number of hydrogen-bond donors (Lipinski definition) is 1. The zero-order chi connectivity index (χ0) is 15.4. The fraction of sp³-hybridized carbons (Fsp3) is 0.214. The molecule has 0 radical (unpaired) electrons. The van der Waals surface area contributed by atoms with Crippen LogP contribution < -0.4 is 4.74 Å². The van der Waals surface area contributed by atoms with Gasteiger partial charge in [0.1, 0.15) is 5.75 Å². The van der Waals surface area contributed by atoms with Crippen LogP contribution in [-0.4, -0.2) is 27.4 Å². The van der Waals surface area contributed by atoms with Crippen molar-refractivity contribution in [3.05, 3.63) is 30.9 Å². The average Bonchev–Trinajstić information content (AvgIpc) is 2.77. The second-order valence-electron chi connectivity index (χ2n) is 4.12. The lowest BCUT2D eigenvalue weighted by Crippen LogP contribution is -1.93. The number of aromatic hydroxyl groups is 1. The highest BCUT2D eigenvalue weighted by molar-refractivity contribution is 8.22. The highest BCUT2D eigenvalue weighted by atomic mass is 32.2. The van der Waals surface area contributed by atoms with Gasteiger partial charge in [0.15, 0.2) is 10.0 Å². The molecular weight excluding hydrogens is 306 g/mol. The maximum absolute atomic E-state index is 10.4. The molecule has 21 heavy (non-hydrogen) atoms. The molecule has 2 rings (SSSR count). The van der Waals surface area contributed by atoms with Crippen molar-refractivity contribution in [3.8, 4) is 11.6 Å². The number of hydrogen-bond acceptors (Lipinski definition) is 5.